The van der Waals surface area contributed by atoms with Crippen molar-refractivity contribution in [2.24, 2.45) is 0 Å². The SMILES string of the molecule is CO[C@@H]1O[C@H](CO[Si](c2ccccc2)(c2ccccc2)C(C)(C)C)[C@@H](OCc2ccccc2)[C@@H]1OCc1ccccc1. The second kappa shape index (κ2) is 13.9. The molecule has 0 spiro atoms. The summed E-state index contributed by atoms with van der Waals surface area (Å²) in [5.74, 6) is 0. The maximum Gasteiger partial charge on any atom is 0.261 e. The lowest BCUT2D eigenvalue weighted by atomic mass is 10.1. The molecule has 5 rings (SSSR count). The predicted octanol–water partition coefficient (Wildman–Crippen LogP) is 6.11. The largest absolute Gasteiger partial charge is 0.405 e. The standard InChI is InChI=1S/C36H42O5Si/c1-36(2,3)42(30-21-13-7-14-22-30,31-23-15-8-16-24-31)40-27-32-33(38-25-28-17-9-5-10-18-28)34(35(37-4)41-32)39-26-29-19-11-6-12-20-29/h5-24,32-35H,25-27H2,1-4H3/t32-,33-,34+,35-/m1/s1. The highest BCUT2D eigenvalue weighted by Gasteiger charge is 2.53. The summed E-state index contributed by atoms with van der Waals surface area (Å²) in [4.78, 5) is 0. The van der Waals surface area contributed by atoms with E-state index in [0.717, 1.165) is 11.1 Å². The average Bonchev–Trinajstić information content (AvgIpc) is 3.37. The second-order valence-electron chi connectivity index (χ2n) is 11.8. The van der Waals surface area contributed by atoms with E-state index in [4.69, 9.17) is 23.4 Å². The van der Waals surface area contributed by atoms with Gasteiger partial charge in [-0.2, -0.15) is 0 Å². The number of benzene rings is 4. The normalized spacial score (nSPS) is 21.0. The fourth-order valence-electron chi connectivity index (χ4n) is 5.90. The lowest BCUT2D eigenvalue weighted by Gasteiger charge is -2.43. The molecule has 0 aliphatic carbocycles. The lowest BCUT2D eigenvalue weighted by molar-refractivity contribution is -0.168. The minimum atomic E-state index is -2.78. The zero-order valence-electron chi connectivity index (χ0n) is 25.0. The first-order valence-corrected chi connectivity index (χ1v) is 16.6. The summed E-state index contributed by atoms with van der Waals surface area (Å²) in [7, 11) is -1.12. The van der Waals surface area contributed by atoms with Gasteiger partial charge < -0.3 is 23.4 Å². The first kappa shape index (κ1) is 30.4. The Morgan fingerprint density at radius 2 is 1.05 bits per heavy atom. The number of ether oxygens (including phenoxy) is 4. The highest BCUT2D eigenvalue weighted by molar-refractivity contribution is 6.99. The molecule has 42 heavy (non-hydrogen) atoms. The van der Waals surface area contributed by atoms with E-state index in [9.17, 15) is 0 Å². The van der Waals surface area contributed by atoms with Crippen LogP contribution >= 0.6 is 0 Å². The molecular weight excluding hydrogens is 540 g/mol. The van der Waals surface area contributed by atoms with Gasteiger partial charge in [0.05, 0.1) is 19.8 Å². The molecule has 0 radical (unpaired) electrons. The molecule has 1 saturated heterocycles. The molecule has 4 atom stereocenters. The van der Waals surface area contributed by atoms with Gasteiger partial charge in [-0.3, -0.25) is 0 Å². The zero-order valence-corrected chi connectivity index (χ0v) is 26.0. The molecule has 1 heterocycles. The highest BCUT2D eigenvalue weighted by Crippen LogP contribution is 2.38. The van der Waals surface area contributed by atoms with Gasteiger partial charge in [0.25, 0.3) is 8.32 Å². The fraction of sp³-hybridized carbons (Fsp3) is 0.333. The molecule has 0 unspecified atom stereocenters. The molecule has 0 aromatic heterocycles. The van der Waals surface area contributed by atoms with Gasteiger partial charge in [-0.25, -0.2) is 0 Å². The molecule has 6 heteroatoms. The van der Waals surface area contributed by atoms with E-state index in [2.05, 4.69) is 106 Å². The second-order valence-corrected chi connectivity index (χ2v) is 16.1. The van der Waals surface area contributed by atoms with Crippen molar-refractivity contribution in [3.63, 3.8) is 0 Å². The third-order valence-electron chi connectivity index (χ3n) is 7.95. The van der Waals surface area contributed by atoms with Crippen LogP contribution in [0.15, 0.2) is 121 Å². The maximum absolute atomic E-state index is 7.26. The Hall–Kier alpha value is -3.10. The Morgan fingerprint density at radius 1 is 0.619 bits per heavy atom. The molecule has 1 aliphatic heterocycles. The van der Waals surface area contributed by atoms with Crippen LogP contribution in [-0.2, 0) is 36.6 Å². The van der Waals surface area contributed by atoms with Crippen molar-refractivity contribution < 1.29 is 23.4 Å². The summed E-state index contributed by atoms with van der Waals surface area (Å²) in [6.45, 7) is 8.05. The van der Waals surface area contributed by atoms with Gasteiger partial charge in [0.15, 0.2) is 6.29 Å². The number of methoxy groups -OCH3 is 1. The molecule has 0 saturated carbocycles. The van der Waals surface area contributed by atoms with Crippen molar-refractivity contribution in [1.29, 1.82) is 0 Å². The van der Waals surface area contributed by atoms with E-state index >= 15 is 0 Å². The van der Waals surface area contributed by atoms with Crippen LogP contribution in [0.3, 0.4) is 0 Å². The van der Waals surface area contributed by atoms with Gasteiger partial charge in [0.2, 0.25) is 0 Å². The molecular formula is C36H42O5Si. The Balaban J connectivity index is 1.45. The first-order chi connectivity index (χ1) is 20.4. The van der Waals surface area contributed by atoms with E-state index in [0.29, 0.717) is 19.8 Å². The molecule has 0 amide bonds. The van der Waals surface area contributed by atoms with Crippen LogP contribution < -0.4 is 10.4 Å². The summed E-state index contributed by atoms with van der Waals surface area (Å²) in [6, 6.07) is 41.7. The Morgan fingerprint density at radius 3 is 1.48 bits per heavy atom. The Bertz CT molecular complexity index is 1310. The van der Waals surface area contributed by atoms with Crippen LogP contribution in [0.4, 0.5) is 0 Å². The van der Waals surface area contributed by atoms with Gasteiger partial charge in [0, 0.05) is 7.11 Å². The quantitative estimate of drug-likeness (QED) is 0.189. The minimum Gasteiger partial charge on any atom is -0.405 e. The fourth-order valence-corrected chi connectivity index (χ4v) is 10.5. The van der Waals surface area contributed by atoms with Gasteiger partial charge in [-0.05, 0) is 26.5 Å². The van der Waals surface area contributed by atoms with E-state index in [1.165, 1.54) is 10.4 Å². The minimum absolute atomic E-state index is 0.154. The Labute approximate surface area is 251 Å². The number of hydrogen-bond acceptors (Lipinski definition) is 5. The van der Waals surface area contributed by atoms with Gasteiger partial charge in [0.1, 0.15) is 18.3 Å². The van der Waals surface area contributed by atoms with E-state index in [1.54, 1.807) is 7.11 Å². The maximum atomic E-state index is 7.26. The van der Waals surface area contributed by atoms with Crippen molar-refractivity contribution in [3.8, 4) is 0 Å². The lowest BCUT2D eigenvalue weighted by Crippen LogP contribution is -2.67. The molecule has 5 nitrogen and oxygen atoms in total. The first-order valence-electron chi connectivity index (χ1n) is 14.7. The van der Waals surface area contributed by atoms with E-state index in [1.807, 2.05) is 36.4 Å². The molecule has 4 aromatic carbocycles. The molecule has 220 valence electrons. The van der Waals surface area contributed by atoms with Crippen LogP contribution in [0.5, 0.6) is 0 Å². The Kier molecular flexibility index (Phi) is 10.1. The monoisotopic (exact) mass is 582 g/mol. The summed E-state index contributed by atoms with van der Waals surface area (Å²) >= 11 is 0. The number of hydrogen-bond donors (Lipinski definition) is 0. The number of rotatable bonds is 12. The smallest absolute Gasteiger partial charge is 0.261 e. The van der Waals surface area contributed by atoms with Crippen molar-refractivity contribution in [2.75, 3.05) is 13.7 Å². The van der Waals surface area contributed by atoms with Gasteiger partial charge in [-0.15, -0.1) is 0 Å². The summed E-state index contributed by atoms with van der Waals surface area (Å²) < 4.78 is 32.7. The summed E-state index contributed by atoms with van der Waals surface area (Å²) in [6.07, 6.45) is -1.79. The predicted molar refractivity (Wildman–Crippen MR) is 169 cm³/mol. The zero-order chi connectivity index (χ0) is 29.4. The van der Waals surface area contributed by atoms with Crippen molar-refractivity contribution in [2.45, 2.75) is 63.6 Å². The molecule has 1 aliphatic rings. The van der Waals surface area contributed by atoms with E-state index in [-0.39, 0.29) is 11.1 Å². The van der Waals surface area contributed by atoms with Crippen LogP contribution in [0, 0.1) is 0 Å². The van der Waals surface area contributed by atoms with Crippen LogP contribution in [-0.4, -0.2) is 46.6 Å². The van der Waals surface area contributed by atoms with Crippen molar-refractivity contribution in [1.82, 2.24) is 0 Å². The van der Waals surface area contributed by atoms with Gasteiger partial charge >= 0.3 is 0 Å². The molecule has 4 aromatic rings. The van der Waals surface area contributed by atoms with Crippen molar-refractivity contribution in [3.05, 3.63) is 132 Å². The average molecular weight is 583 g/mol. The third kappa shape index (κ3) is 6.75. The third-order valence-corrected chi connectivity index (χ3v) is 13.0. The molecule has 0 N–H and O–H groups in total. The van der Waals surface area contributed by atoms with Crippen molar-refractivity contribution >= 4 is 18.7 Å². The molecule has 0 bridgehead atoms. The highest BCUT2D eigenvalue weighted by atomic mass is 28.4. The van der Waals surface area contributed by atoms with Crippen LogP contribution in [0.1, 0.15) is 31.9 Å². The van der Waals surface area contributed by atoms with Crippen LogP contribution in [0.25, 0.3) is 0 Å². The van der Waals surface area contributed by atoms with E-state index < -0.39 is 26.8 Å². The van der Waals surface area contributed by atoms with Gasteiger partial charge in [-0.1, -0.05) is 142 Å². The summed E-state index contributed by atoms with van der Waals surface area (Å²) in [5.41, 5.74) is 2.17. The topological polar surface area (TPSA) is 46.2 Å². The summed E-state index contributed by atoms with van der Waals surface area (Å²) in [5, 5.41) is 2.30. The van der Waals surface area contributed by atoms with Crippen LogP contribution in [0.2, 0.25) is 5.04 Å². The molecule has 1 fully saturated rings.